The molecule has 1 fully saturated rings. The standard InChI is InChI=1S/C15H22N6O2S/c1-19-8-11(7-16-19)14(22)20(2)12-5-4-6-21(9-12)15-17-13(10-23-3)18-24-15/h7-8,12H,4-6,9-10H2,1-3H3. The minimum atomic E-state index is 0.00675. The van der Waals surface area contributed by atoms with Crippen LogP contribution < -0.4 is 4.90 Å². The molecule has 2 aromatic heterocycles. The Morgan fingerprint density at radius 3 is 3.08 bits per heavy atom. The van der Waals surface area contributed by atoms with Gasteiger partial charge in [0.05, 0.1) is 11.8 Å². The summed E-state index contributed by atoms with van der Waals surface area (Å²) in [5.74, 6) is 0.715. The normalized spacial score (nSPS) is 18.0. The Hall–Kier alpha value is -2.00. The molecule has 1 saturated heterocycles. The van der Waals surface area contributed by atoms with E-state index in [0.717, 1.165) is 31.1 Å². The number of ether oxygens (including phenoxy) is 1. The van der Waals surface area contributed by atoms with Crippen LogP contribution in [-0.4, -0.2) is 63.2 Å². The largest absolute Gasteiger partial charge is 0.377 e. The van der Waals surface area contributed by atoms with Gasteiger partial charge in [-0.15, -0.1) is 0 Å². The second-order valence-corrected chi connectivity index (χ2v) is 6.72. The number of hydrogen-bond donors (Lipinski definition) is 0. The summed E-state index contributed by atoms with van der Waals surface area (Å²) in [5.41, 5.74) is 0.621. The number of amides is 1. The molecule has 1 aliphatic rings. The van der Waals surface area contributed by atoms with E-state index in [0.29, 0.717) is 18.0 Å². The van der Waals surface area contributed by atoms with Gasteiger partial charge in [0.2, 0.25) is 5.13 Å². The maximum Gasteiger partial charge on any atom is 0.257 e. The van der Waals surface area contributed by atoms with Gasteiger partial charge in [-0.2, -0.15) is 9.47 Å². The predicted molar refractivity (Wildman–Crippen MR) is 91.2 cm³/mol. The van der Waals surface area contributed by atoms with Crippen LogP contribution in [0.15, 0.2) is 12.4 Å². The van der Waals surface area contributed by atoms with Crippen molar-refractivity contribution >= 4 is 22.6 Å². The fourth-order valence-electron chi connectivity index (χ4n) is 2.91. The van der Waals surface area contributed by atoms with E-state index in [1.165, 1.54) is 11.5 Å². The highest BCUT2D eigenvalue weighted by atomic mass is 32.1. The molecule has 3 rings (SSSR count). The van der Waals surface area contributed by atoms with Crippen LogP contribution in [0.5, 0.6) is 0 Å². The number of carbonyl (C=O) groups is 1. The molecule has 1 atom stereocenters. The van der Waals surface area contributed by atoms with Crippen LogP contribution in [0.3, 0.4) is 0 Å². The zero-order valence-corrected chi connectivity index (χ0v) is 15.0. The van der Waals surface area contributed by atoms with Gasteiger partial charge in [0.15, 0.2) is 5.82 Å². The number of aryl methyl sites for hydroxylation is 1. The van der Waals surface area contributed by atoms with Gasteiger partial charge < -0.3 is 14.5 Å². The molecule has 0 aliphatic carbocycles. The highest BCUT2D eigenvalue weighted by molar-refractivity contribution is 7.09. The van der Waals surface area contributed by atoms with Crippen LogP contribution in [0, 0.1) is 0 Å². The Labute approximate surface area is 145 Å². The molecule has 0 saturated carbocycles. The van der Waals surface area contributed by atoms with Gasteiger partial charge in [-0.05, 0) is 12.8 Å². The highest BCUT2D eigenvalue weighted by Gasteiger charge is 2.28. The van der Waals surface area contributed by atoms with Crippen molar-refractivity contribution in [1.82, 2.24) is 24.0 Å². The predicted octanol–water partition coefficient (Wildman–Crippen LogP) is 1.16. The minimum absolute atomic E-state index is 0.00675. The van der Waals surface area contributed by atoms with Crippen LogP contribution in [0.2, 0.25) is 0 Å². The quantitative estimate of drug-likeness (QED) is 0.805. The average Bonchev–Trinajstić information content (AvgIpc) is 3.23. The number of piperidine rings is 1. The summed E-state index contributed by atoms with van der Waals surface area (Å²) in [5, 5.41) is 4.98. The summed E-state index contributed by atoms with van der Waals surface area (Å²) < 4.78 is 11.0. The van der Waals surface area contributed by atoms with Crippen LogP contribution in [0.1, 0.15) is 29.0 Å². The Kier molecular flexibility index (Phi) is 5.10. The maximum atomic E-state index is 12.6. The van der Waals surface area contributed by atoms with Crippen molar-refractivity contribution in [2.75, 3.05) is 32.1 Å². The molecule has 9 heteroatoms. The molecule has 1 unspecified atom stereocenters. The van der Waals surface area contributed by atoms with Gasteiger partial charge in [0.25, 0.3) is 5.91 Å². The first-order valence-corrected chi connectivity index (χ1v) is 8.68. The van der Waals surface area contributed by atoms with Gasteiger partial charge >= 0.3 is 0 Å². The van der Waals surface area contributed by atoms with Gasteiger partial charge in [-0.1, -0.05) is 0 Å². The highest BCUT2D eigenvalue weighted by Crippen LogP contribution is 2.24. The summed E-state index contributed by atoms with van der Waals surface area (Å²) in [6.07, 6.45) is 5.37. The Morgan fingerprint density at radius 1 is 1.54 bits per heavy atom. The summed E-state index contributed by atoms with van der Waals surface area (Å²) in [6, 6.07) is 0.154. The van der Waals surface area contributed by atoms with Crippen molar-refractivity contribution in [3.05, 3.63) is 23.8 Å². The Morgan fingerprint density at radius 2 is 2.38 bits per heavy atom. The molecule has 24 heavy (non-hydrogen) atoms. The van der Waals surface area contributed by atoms with Crippen LogP contribution in [0.4, 0.5) is 5.13 Å². The summed E-state index contributed by atoms with van der Waals surface area (Å²) >= 11 is 1.39. The number of aromatic nitrogens is 4. The lowest BCUT2D eigenvalue weighted by Gasteiger charge is -2.37. The van der Waals surface area contributed by atoms with E-state index in [-0.39, 0.29) is 11.9 Å². The SMILES string of the molecule is COCc1nsc(N2CCCC(N(C)C(=O)c3cnn(C)c3)C2)n1. The first-order chi connectivity index (χ1) is 11.6. The lowest BCUT2D eigenvalue weighted by atomic mass is 10.0. The number of nitrogens with zero attached hydrogens (tertiary/aromatic N) is 6. The number of hydrogen-bond acceptors (Lipinski definition) is 7. The molecule has 0 radical (unpaired) electrons. The second-order valence-electron chi connectivity index (χ2n) is 5.99. The molecule has 1 amide bonds. The number of rotatable bonds is 5. The number of likely N-dealkylation sites (N-methyl/N-ethyl adjacent to an activating group) is 1. The van der Waals surface area contributed by atoms with Crippen LogP contribution >= 0.6 is 11.5 Å². The smallest absolute Gasteiger partial charge is 0.257 e. The third kappa shape index (κ3) is 3.57. The van der Waals surface area contributed by atoms with Gasteiger partial charge in [-0.25, -0.2) is 4.98 Å². The molecule has 3 heterocycles. The van der Waals surface area contributed by atoms with E-state index in [4.69, 9.17) is 4.74 Å². The first-order valence-electron chi connectivity index (χ1n) is 7.90. The summed E-state index contributed by atoms with van der Waals surface area (Å²) in [6.45, 7) is 2.13. The zero-order chi connectivity index (χ0) is 17.1. The molecule has 0 aromatic carbocycles. The molecule has 2 aromatic rings. The van der Waals surface area contributed by atoms with Crippen molar-refractivity contribution in [1.29, 1.82) is 0 Å². The van der Waals surface area contributed by atoms with Crippen molar-refractivity contribution in [2.45, 2.75) is 25.5 Å². The van der Waals surface area contributed by atoms with Crippen molar-refractivity contribution in [3.63, 3.8) is 0 Å². The average molecular weight is 350 g/mol. The van der Waals surface area contributed by atoms with Gasteiger partial charge in [0.1, 0.15) is 6.61 Å². The molecule has 0 N–H and O–H groups in total. The van der Waals surface area contributed by atoms with E-state index in [2.05, 4.69) is 19.4 Å². The lowest BCUT2D eigenvalue weighted by molar-refractivity contribution is 0.0717. The number of methoxy groups -OCH3 is 1. The molecule has 0 spiro atoms. The maximum absolute atomic E-state index is 12.6. The van der Waals surface area contributed by atoms with Crippen molar-refractivity contribution < 1.29 is 9.53 Å². The van der Waals surface area contributed by atoms with E-state index < -0.39 is 0 Å². The third-order valence-corrected chi connectivity index (χ3v) is 5.03. The monoisotopic (exact) mass is 350 g/mol. The van der Waals surface area contributed by atoms with Crippen molar-refractivity contribution in [3.8, 4) is 0 Å². The van der Waals surface area contributed by atoms with Gasteiger partial charge in [0, 0.05) is 58.1 Å². The van der Waals surface area contributed by atoms with Crippen LogP contribution in [0.25, 0.3) is 0 Å². The minimum Gasteiger partial charge on any atom is -0.377 e. The Bertz CT molecular complexity index is 700. The fourth-order valence-corrected chi connectivity index (χ4v) is 3.61. The molecule has 8 nitrogen and oxygen atoms in total. The molecule has 130 valence electrons. The number of carbonyl (C=O) groups excluding carboxylic acids is 1. The fraction of sp³-hybridized carbons (Fsp3) is 0.600. The zero-order valence-electron chi connectivity index (χ0n) is 14.2. The van der Waals surface area contributed by atoms with E-state index in [9.17, 15) is 4.79 Å². The third-order valence-electron chi connectivity index (χ3n) is 4.22. The molecular formula is C15H22N6O2S. The Balaban J connectivity index is 1.67. The topological polar surface area (TPSA) is 76.4 Å². The van der Waals surface area contributed by atoms with E-state index >= 15 is 0 Å². The lowest BCUT2D eigenvalue weighted by Crippen LogP contribution is -2.48. The molecular weight excluding hydrogens is 328 g/mol. The van der Waals surface area contributed by atoms with E-state index in [1.54, 1.807) is 24.2 Å². The van der Waals surface area contributed by atoms with Crippen molar-refractivity contribution in [2.24, 2.45) is 7.05 Å². The van der Waals surface area contributed by atoms with Crippen LogP contribution in [-0.2, 0) is 18.4 Å². The summed E-state index contributed by atoms with van der Waals surface area (Å²) in [4.78, 5) is 21.1. The molecule has 1 aliphatic heterocycles. The number of anilines is 1. The first kappa shape index (κ1) is 16.8. The second kappa shape index (κ2) is 7.27. The van der Waals surface area contributed by atoms with E-state index in [1.807, 2.05) is 19.0 Å². The van der Waals surface area contributed by atoms with Gasteiger partial charge in [-0.3, -0.25) is 9.48 Å². The summed E-state index contributed by atoms with van der Waals surface area (Å²) in [7, 11) is 5.31. The molecule has 0 bridgehead atoms.